The molecule has 0 bridgehead atoms. The molecule has 0 aliphatic carbocycles. The van der Waals surface area contributed by atoms with E-state index in [1.165, 1.54) is 4.68 Å². The lowest BCUT2D eigenvalue weighted by Crippen LogP contribution is -2.13. The highest BCUT2D eigenvalue weighted by molar-refractivity contribution is 5.90. The predicted octanol–water partition coefficient (Wildman–Crippen LogP) is 0.657. The molecular formula is C10H14N4O2. The Balaban J connectivity index is 2.53. The van der Waals surface area contributed by atoms with Crippen molar-refractivity contribution in [3.8, 4) is 6.07 Å². The minimum atomic E-state index is -0.160. The van der Waals surface area contributed by atoms with Gasteiger partial charge in [0.2, 0.25) is 5.91 Å². The summed E-state index contributed by atoms with van der Waals surface area (Å²) in [6.45, 7) is 0.542. The number of rotatable bonds is 5. The zero-order chi connectivity index (χ0) is 12.0. The first-order valence-electron chi connectivity index (χ1n) is 4.90. The van der Waals surface area contributed by atoms with Crippen LogP contribution in [0.5, 0.6) is 0 Å². The third kappa shape index (κ3) is 3.37. The van der Waals surface area contributed by atoms with Gasteiger partial charge in [0.15, 0.2) is 5.82 Å². The largest absolute Gasteiger partial charge is 0.385 e. The van der Waals surface area contributed by atoms with Crippen molar-refractivity contribution in [3.63, 3.8) is 0 Å². The van der Waals surface area contributed by atoms with Crippen molar-refractivity contribution >= 4 is 11.7 Å². The van der Waals surface area contributed by atoms with Gasteiger partial charge in [0, 0.05) is 33.4 Å². The fourth-order valence-electron chi connectivity index (χ4n) is 1.23. The van der Waals surface area contributed by atoms with Gasteiger partial charge in [-0.2, -0.15) is 10.4 Å². The number of methoxy groups -OCH3 is 1. The number of hydrogen-bond acceptors (Lipinski definition) is 4. The van der Waals surface area contributed by atoms with Crippen LogP contribution in [0.1, 0.15) is 18.4 Å². The molecule has 1 aromatic rings. The summed E-state index contributed by atoms with van der Waals surface area (Å²) in [5.41, 5.74) is 0.364. The van der Waals surface area contributed by atoms with Crippen molar-refractivity contribution in [2.75, 3.05) is 19.0 Å². The Labute approximate surface area is 93.8 Å². The summed E-state index contributed by atoms with van der Waals surface area (Å²) in [5, 5.41) is 15.4. The molecular weight excluding hydrogens is 208 g/mol. The van der Waals surface area contributed by atoms with E-state index in [0.717, 1.165) is 0 Å². The predicted molar refractivity (Wildman–Crippen MR) is 57.7 cm³/mol. The Morgan fingerprint density at radius 3 is 3.12 bits per heavy atom. The lowest BCUT2D eigenvalue weighted by molar-refractivity contribution is -0.116. The summed E-state index contributed by atoms with van der Waals surface area (Å²) in [7, 11) is 3.28. The molecule has 0 aliphatic rings. The fraction of sp³-hybridized carbons (Fsp3) is 0.500. The molecule has 1 amide bonds. The molecule has 1 rings (SSSR count). The molecule has 0 spiro atoms. The second kappa shape index (κ2) is 5.88. The number of nitrogens with zero attached hydrogens (tertiary/aromatic N) is 3. The van der Waals surface area contributed by atoms with E-state index < -0.39 is 0 Å². The minimum Gasteiger partial charge on any atom is -0.385 e. The maximum Gasteiger partial charge on any atom is 0.225 e. The van der Waals surface area contributed by atoms with Crippen LogP contribution in [0.15, 0.2) is 6.20 Å². The average Bonchev–Trinajstić information content (AvgIpc) is 2.59. The van der Waals surface area contributed by atoms with Crippen molar-refractivity contribution in [2.24, 2.45) is 7.05 Å². The van der Waals surface area contributed by atoms with E-state index in [0.29, 0.717) is 30.8 Å². The number of carbonyl (C=O) groups excluding carboxylic acids is 1. The van der Waals surface area contributed by atoms with Gasteiger partial charge in [-0.3, -0.25) is 9.48 Å². The van der Waals surface area contributed by atoms with Gasteiger partial charge in [0.1, 0.15) is 11.6 Å². The van der Waals surface area contributed by atoms with Crippen LogP contribution in [-0.2, 0) is 16.6 Å². The van der Waals surface area contributed by atoms with Crippen molar-refractivity contribution in [2.45, 2.75) is 12.8 Å². The summed E-state index contributed by atoms with van der Waals surface area (Å²) in [6.07, 6.45) is 2.57. The number of aromatic nitrogens is 2. The van der Waals surface area contributed by atoms with Crippen LogP contribution < -0.4 is 5.32 Å². The molecule has 0 unspecified atom stereocenters. The molecule has 0 saturated heterocycles. The summed E-state index contributed by atoms with van der Waals surface area (Å²) in [4.78, 5) is 11.4. The molecule has 1 aromatic heterocycles. The molecule has 86 valence electrons. The molecule has 0 aromatic carbocycles. The highest BCUT2D eigenvalue weighted by Gasteiger charge is 2.10. The van der Waals surface area contributed by atoms with Crippen LogP contribution >= 0.6 is 0 Å². The molecule has 0 radical (unpaired) electrons. The van der Waals surface area contributed by atoms with Crippen molar-refractivity contribution in [3.05, 3.63) is 11.8 Å². The Morgan fingerprint density at radius 2 is 2.50 bits per heavy atom. The number of aryl methyl sites for hydroxylation is 1. The van der Waals surface area contributed by atoms with Crippen LogP contribution in [0.2, 0.25) is 0 Å². The summed E-state index contributed by atoms with van der Waals surface area (Å²) in [6, 6.07) is 1.97. The maximum atomic E-state index is 11.4. The zero-order valence-electron chi connectivity index (χ0n) is 9.36. The Kier molecular flexibility index (Phi) is 4.48. The first kappa shape index (κ1) is 12.2. The Hall–Kier alpha value is -1.87. The summed E-state index contributed by atoms with van der Waals surface area (Å²) >= 11 is 0. The van der Waals surface area contributed by atoms with Crippen LogP contribution in [0.3, 0.4) is 0 Å². The van der Waals surface area contributed by atoms with Gasteiger partial charge in [-0.05, 0) is 6.42 Å². The van der Waals surface area contributed by atoms with Gasteiger partial charge in [0.05, 0.1) is 0 Å². The van der Waals surface area contributed by atoms with Crippen molar-refractivity contribution in [1.82, 2.24) is 9.78 Å². The number of ether oxygens (including phenoxy) is 1. The van der Waals surface area contributed by atoms with Gasteiger partial charge in [-0.25, -0.2) is 0 Å². The first-order valence-corrected chi connectivity index (χ1v) is 4.90. The third-order valence-electron chi connectivity index (χ3n) is 1.96. The normalized spacial score (nSPS) is 9.81. The van der Waals surface area contributed by atoms with E-state index in [1.807, 2.05) is 6.07 Å². The topological polar surface area (TPSA) is 79.9 Å². The number of amides is 1. The third-order valence-corrected chi connectivity index (χ3v) is 1.96. The highest BCUT2D eigenvalue weighted by atomic mass is 16.5. The summed E-state index contributed by atoms with van der Waals surface area (Å²) in [5.74, 6) is 0.152. The van der Waals surface area contributed by atoms with Gasteiger partial charge in [-0.15, -0.1) is 0 Å². The molecule has 0 aliphatic heterocycles. The zero-order valence-corrected chi connectivity index (χ0v) is 9.36. The number of nitrogens with one attached hydrogen (secondary N) is 1. The van der Waals surface area contributed by atoms with E-state index in [9.17, 15) is 4.79 Å². The molecule has 6 heteroatoms. The van der Waals surface area contributed by atoms with E-state index in [1.54, 1.807) is 20.4 Å². The summed E-state index contributed by atoms with van der Waals surface area (Å²) < 4.78 is 6.33. The maximum absolute atomic E-state index is 11.4. The highest BCUT2D eigenvalue weighted by Crippen LogP contribution is 2.11. The fourth-order valence-corrected chi connectivity index (χ4v) is 1.23. The lowest BCUT2D eigenvalue weighted by Gasteiger charge is -2.01. The second-order valence-corrected chi connectivity index (χ2v) is 3.32. The van der Waals surface area contributed by atoms with E-state index in [2.05, 4.69) is 10.4 Å². The molecule has 1 heterocycles. The number of anilines is 1. The average molecular weight is 222 g/mol. The standard InChI is InChI=1S/C10H14N4O2/c1-14-7-8(6-11)10(13-14)12-9(15)4-3-5-16-2/h7H,3-5H2,1-2H3,(H,12,13,15). The van der Waals surface area contributed by atoms with E-state index in [-0.39, 0.29) is 5.91 Å². The van der Waals surface area contributed by atoms with Gasteiger partial charge >= 0.3 is 0 Å². The van der Waals surface area contributed by atoms with Gasteiger partial charge < -0.3 is 10.1 Å². The Morgan fingerprint density at radius 1 is 1.75 bits per heavy atom. The molecule has 16 heavy (non-hydrogen) atoms. The molecule has 0 saturated carbocycles. The smallest absolute Gasteiger partial charge is 0.225 e. The molecule has 6 nitrogen and oxygen atoms in total. The number of hydrogen-bond donors (Lipinski definition) is 1. The van der Waals surface area contributed by atoms with Crippen LogP contribution in [0.4, 0.5) is 5.82 Å². The Bertz CT molecular complexity index is 405. The molecule has 0 fully saturated rings. The van der Waals surface area contributed by atoms with Gasteiger partial charge in [0.25, 0.3) is 0 Å². The quantitative estimate of drug-likeness (QED) is 0.742. The van der Waals surface area contributed by atoms with E-state index in [4.69, 9.17) is 10.00 Å². The van der Waals surface area contributed by atoms with E-state index >= 15 is 0 Å². The second-order valence-electron chi connectivity index (χ2n) is 3.32. The van der Waals surface area contributed by atoms with Crippen molar-refractivity contribution < 1.29 is 9.53 Å². The van der Waals surface area contributed by atoms with Crippen LogP contribution in [0.25, 0.3) is 0 Å². The minimum absolute atomic E-state index is 0.160. The van der Waals surface area contributed by atoms with Crippen LogP contribution in [-0.4, -0.2) is 29.4 Å². The molecule has 1 N–H and O–H groups in total. The SMILES string of the molecule is COCCCC(=O)Nc1nn(C)cc1C#N. The van der Waals surface area contributed by atoms with Crippen molar-refractivity contribution in [1.29, 1.82) is 5.26 Å². The monoisotopic (exact) mass is 222 g/mol. The lowest BCUT2D eigenvalue weighted by atomic mass is 10.3. The van der Waals surface area contributed by atoms with Gasteiger partial charge in [-0.1, -0.05) is 0 Å². The first-order chi connectivity index (χ1) is 7.67. The number of carbonyl (C=O) groups is 1. The van der Waals surface area contributed by atoms with Crippen LogP contribution in [0, 0.1) is 11.3 Å². The molecule has 0 atom stereocenters. The number of nitriles is 1.